The zero-order chi connectivity index (χ0) is 19.4. The molecular formula is C18H22F3N3O3. The summed E-state index contributed by atoms with van der Waals surface area (Å²) in [5.41, 5.74) is -0.613. The Morgan fingerprint density at radius 2 is 1.89 bits per heavy atom. The highest BCUT2D eigenvalue weighted by atomic mass is 19.4. The summed E-state index contributed by atoms with van der Waals surface area (Å²) in [4.78, 5) is 28.1. The zero-order valence-electron chi connectivity index (χ0n) is 14.8. The minimum Gasteiger partial charge on any atom is -0.378 e. The molecule has 1 N–H and O–H groups in total. The van der Waals surface area contributed by atoms with Crippen LogP contribution >= 0.6 is 0 Å². The normalized spacial score (nSPS) is 21.8. The van der Waals surface area contributed by atoms with Crippen LogP contribution in [0, 0.1) is 0 Å². The van der Waals surface area contributed by atoms with Crippen LogP contribution in [0.2, 0.25) is 0 Å². The fourth-order valence-electron chi connectivity index (χ4n) is 3.43. The molecular weight excluding hydrogens is 363 g/mol. The minimum atomic E-state index is -4.46. The summed E-state index contributed by atoms with van der Waals surface area (Å²) >= 11 is 0. The smallest absolute Gasteiger partial charge is 0.378 e. The highest BCUT2D eigenvalue weighted by Gasteiger charge is 2.37. The van der Waals surface area contributed by atoms with Gasteiger partial charge in [0.15, 0.2) is 0 Å². The lowest BCUT2D eigenvalue weighted by Gasteiger charge is -2.36. The van der Waals surface area contributed by atoms with E-state index in [1.807, 2.05) is 0 Å². The minimum absolute atomic E-state index is 0.0375. The summed E-state index contributed by atoms with van der Waals surface area (Å²) in [6.45, 7) is 2.52. The number of hydrogen-bond acceptors (Lipinski definition) is 4. The maximum Gasteiger partial charge on any atom is 0.416 e. The number of rotatable bonds is 4. The molecule has 2 heterocycles. The average molecular weight is 385 g/mol. The number of nitrogens with one attached hydrogen (secondary N) is 1. The molecule has 0 aromatic heterocycles. The van der Waals surface area contributed by atoms with E-state index in [0.29, 0.717) is 39.4 Å². The number of morpholine rings is 1. The van der Waals surface area contributed by atoms with Crippen molar-refractivity contribution in [1.29, 1.82) is 0 Å². The highest BCUT2D eigenvalue weighted by molar-refractivity contribution is 5.88. The van der Waals surface area contributed by atoms with Crippen molar-refractivity contribution in [3.05, 3.63) is 35.4 Å². The molecule has 0 radical (unpaired) electrons. The molecule has 0 aliphatic carbocycles. The van der Waals surface area contributed by atoms with Gasteiger partial charge in [0, 0.05) is 32.7 Å². The average Bonchev–Trinajstić information content (AvgIpc) is 2.65. The van der Waals surface area contributed by atoms with E-state index >= 15 is 0 Å². The van der Waals surface area contributed by atoms with Gasteiger partial charge < -0.3 is 15.0 Å². The van der Waals surface area contributed by atoms with Gasteiger partial charge in [-0.3, -0.25) is 14.5 Å². The van der Waals surface area contributed by atoms with Crippen LogP contribution in [0.15, 0.2) is 24.3 Å². The summed E-state index contributed by atoms with van der Waals surface area (Å²) in [7, 11) is 0. The molecule has 27 heavy (non-hydrogen) atoms. The monoisotopic (exact) mass is 385 g/mol. The van der Waals surface area contributed by atoms with Crippen molar-refractivity contribution in [3.63, 3.8) is 0 Å². The van der Waals surface area contributed by atoms with Crippen molar-refractivity contribution in [2.75, 3.05) is 39.4 Å². The Balaban J connectivity index is 1.75. The summed E-state index contributed by atoms with van der Waals surface area (Å²) in [5, 5.41) is 2.70. The third-order valence-electron chi connectivity index (χ3n) is 4.87. The first-order chi connectivity index (χ1) is 12.9. The molecule has 1 aromatic carbocycles. The fourth-order valence-corrected chi connectivity index (χ4v) is 3.43. The number of halogens is 3. The lowest BCUT2D eigenvalue weighted by Crippen LogP contribution is -2.56. The molecule has 2 aliphatic heterocycles. The largest absolute Gasteiger partial charge is 0.416 e. The summed E-state index contributed by atoms with van der Waals surface area (Å²) in [6, 6.07) is 4.55. The van der Waals surface area contributed by atoms with Gasteiger partial charge in [0.05, 0.1) is 31.2 Å². The van der Waals surface area contributed by atoms with Gasteiger partial charge in [-0.2, -0.15) is 13.2 Å². The van der Waals surface area contributed by atoms with Crippen LogP contribution in [0.4, 0.5) is 13.2 Å². The van der Waals surface area contributed by atoms with Crippen molar-refractivity contribution < 1.29 is 27.5 Å². The molecule has 2 aliphatic rings. The number of benzene rings is 1. The summed E-state index contributed by atoms with van der Waals surface area (Å²) in [6.07, 6.45) is -4.52. The number of piperazine rings is 1. The Morgan fingerprint density at radius 3 is 2.59 bits per heavy atom. The van der Waals surface area contributed by atoms with Crippen molar-refractivity contribution >= 4 is 11.8 Å². The molecule has 0 unspecified atom stereocenters. The first kappa shape index (κ1) is 19.6. The molecule has 2 amide bonds. The molecule has 1 aromatic rings. The van der Waals surface area contributed by atoms with Gasteiger partial charge in [0.2, 0.25) is 11.8 Å². The van der Waals surface area contributed by atoms with Crippen LogP contribution in [-0.4, -0.2) is 67.0 Å². The Labute approximate surface area is 155 Å². The van der Waals surface area contributed by atoms with E-state index in [-0.39, 0.29) is 30.3 Å². The quantitative estimate of drug-likeness (QED) is 0.848. The number of amides is 2. The molecule has 9 heteroatoms. The van der Waals surface area contributed by atoms with E-state index in [2.05, 4.69) is 5.32 Å². The summed E-state index contributed by atoms with van der Waals surface area (Å²) < 4.78 is 45.0. The van der Waals surface area contributed by atoms with Gasteiger partial charge in [0.25, 0.3) is 0 Å². The third kappa shape index (κ3) is 4.78. The van der Waals surface area contributed by atoms with Gasteiger partial charge in [-0.15, -0.1) is 0 Å². The van der Waals surface area contributed by atoms with Crippen LogP contribution in [0.3, 0.4) is 0 Å². The van der Waals surface area contributed by atoms with E-state index in [0.717, 1.165) is 6.07 Å². The summed E-state index contributed by atoms with van der Waals surface area (Å²) in [5.74, 6) is -0.512. The van der Waals surface area contributed by atoms with Crippen LogP contribution < -0.4 is 5.32 Å². The number of nitrogens with zero attached hydrogens (tertiary/aromatic N) is 2. The molecule has 0 spiro atoms. The predicted molar refractivity (Wildman–Crippen MR) is 90.7 cm³/mol. The van der Waals surface area contributed by atoms with E-state index in [4.69, 9.17) is 4.74 Å². The van der Waals surface area contributed by atoms with Crippen LogP contribution in [0.5, 0.6) is 0 Å². The van der Waals surface area contributed by atoms with Gasteiger partial charge in [-0.25, -0.2) is 0 Å². The first-order valence-electron chi connectivity index (χ1n) is 8.88. The molecule has 3 rings (SSSR count). The molecule has 2 fully saturated rings. The van der Waals surface area contributed by atoms with Crippen LogP contribution in [-0.2, 0) is 27.0 Å². The zero-order valence-corrected chi connectivity index (χ0v) is 14.8. The van der Waals surface area contributed by atoms with E-state index < -0.39 is 17.8 Å². The topological polar surface area (TPSA) is 61.9 Å². The molecule has 1 atom stereocenters. The van der Waals surface area contributed by atoms with E-state index in [1.165, 1.54) is 12.1 Å². The fraction of sp³-hybridized carbons (Fsp3) is 0.556. The third-order valence-corrected chi connectivity index (χ3v) is 4.87. The van der Waals surface area contributed by atoms with Crippen LogP contribution in [0.1, 0.15) is 17.5 Å². The number of carbonyl (C=O) groups is 2. The number of ether oxygens (including phenoxy) is 1. The molecule has 2 saturated heterocycles. The maximum atomic E-state index is 13.3. The second-order valence-corrected chi connectivity index (χ2v) is 6.63. The standard InChI is InChI=1S/C18H22F3N3O3/c19-18(20,21)14-4-2-1-3-13(14)12-24-6-5-22-17(26)15(24)11-16(25)23-7-9-27-10-8-23/h1-4,15H,5-12H2,(H,22,26)/t15-/m1/s1. The van der Waals surface area contributed by atoms with Crippen molar-refractivity contribution in [2.24, 2.45) is 0 Å². The molecule has 0 saturated carbocycles. The number of hydrogen-bond donors (Lipinski definition) is 1. The molecule has 0 bridgehead atoms. The Bertz CT molecular complexity index is 690. The van der Waals surface area contributed by atoms with Crippen LogP contribution in [0.25, 0.3) is 0 Å². The number of alkyl halides is 3. The lowest BCUT2D eigenvalue weighted by molar-refractivity contribution is -0.142. The molecule has 6 nitrogen and oxygen atoms in total. The Morgan fingerprint density at radius 1 is 1.19 bits per heavy atom. The van der Waals surface area contributed by atoms with Crippen molar-refractivity contribution in [3.8, 4) is 0 Å². The van der Waals surface area contributed by atoms with Gasteiger partial charge >= 0.3 is 6.18 Å². The second-order valence-electron chi connectivity index (χ2n) is 6.63. The first-order valence-corrected chi connectivity index (χ1v) is 8.88. The van der Waals surface area contributed by atoms with Crippen molar-refractivity contribution in [1.82, 2.24) is 15.1 Å². The second kappa shape index (κ2) is 8.26. The molecule has 148 valence electrons. The Kier molecular flexibility index (Phi) is 6.01. The predicted octanol–water partition coefficient (Wildman–Crippen LogP) is 1.25. The van der Waals surface area contributed by atoms with E-state index in [9.17, 15) is 22.8 Å². The lowest BCUT2D eigenvalue weighted by atomic mass is 10.0. The number of carbonyl (C=O) groups excluding carboxylic acids is 2. The van der Waals surface area contributed by atoms with Gasteiger partial charge in [-0.1, -0.05) is 18.2 Å². The SMILES string of the molecule is O=C1NCCN(Cc2ccccc2C(F)(F)F)[C@@H]1CC(=O)N1CCOCC1. The maximum absolute atomic E-state index is 13.3. The highest BCUT2D eigenvalue weighted by Crippen LogP contribution is 2.32. The van der Waals surface area contributed by atoms with Gasteiger partial charge in [-0.05, 0) is 11.6 Å². The van der Waals surface area contributed by atoms with Gasteiger partial charge in [0.1, 0.15) is 0 Å². The van der Waals surface area contributed by atoms with Crippen molar-refractivity contribution in [2.45, 2.75) is 25.2 Å². The van der Waals surface area contributed by atoms with E-state index in [1.54, 1.807) is 15.9 Å². The Hall–Kier alpha value is -2.13.